The first-order valence-corrected chi connectivity index (χ1v) is 13.2. The molecule has 1 fully saturated rings. The smallest absolute Gasteiger partial charge is 0.416 e. The number of likely N-dealkylation sites (tertiary alicyclic amines) is 1. The Hall–Kier alpha value is -4.58. The highest BCUT2D eigenvalue weighted by Crippen LogP contribution is 2.29. The third-order valence-corrected chi connectivity index (χ3v) is 6.51. The van der Waals surface area contributed by atoms with Gasteiger partial charge in [-0.15, -0.1) is 0 Å². The third kappa shape index (κ3) is 9.23. The molecule has 222 valence electrons. The standard InChI is InChI=1S/C30H30F3N3O6/c31-30(32,33)24-10-6-22(7-11-24)19-41-34-27(23-4-2-1-3-5-23)18-21-8-12-25(13-9-21)40-20-28(37)35-42-26-14-16-36(17-15-26)29(38)39/h1-13,26H,14-20H2,(H,35,37)(H,38,39). The zero-order valence-corrected chi connectivity index (χ0v) is 22.5. The third-order valence-electron chi connectivity index (χ3n) is 6.51. The van der Waals surface area contributed by atoms with Gasteiger partial charge >= 0.3 is 12.3 Å². The van der Waals surface area contributed by atoms with E-state index in [1.165, 1.54) is 17.0 Å². The molecule has 0 radical (unpaired) electrons. The van der Waals surface area contributed by atoms with Crippen molar-refractivity contribution in [3.05, 3.63) is 101 Å². The Kier molecular flexibility index (Phi) is 10.4. The number of carbonyl (C=O) groups is 2. The van der Waals surface area contributed by atoms with Crippen LogP contribution in [0.5, 0.6) is 5.75 Å². The molecule has 2 amide bonds. The van der Waals surface area contributed by atoms with Crippen LogP contribution in [0.15, 0.2) is 84.0 Å². The average molecular weight is 586 g/mol. The summed E-state index contributed by atoms with van der Waals surface area (Å²) >= 11 is 0. The Morgan fingerprint density at radius 3 is 2.19 bits per heavy atom. The summed E-state index contributed by atoms with van der Waals surface area (Å²) in [6.45, 7) is 0.442. The minimum absolute atomic E-state index is 0.00848. The SMILES string of the molecule is O=C(COc1ccc(CC(=NOCc2ccc(C(F)(F)F)cc2)c2ccccc2)cc1)NOC1CCN(C(=O)O)CC1. The van der Waals surface area contributed by atoms with Gasteiger partial charge in [0.05, 0.1) is 17.4 Å². The molecule has 1 heterocycles. The Morgan fingerprint density at radius 1 is 0.929 bits per heavy atom. The maximum atomic E-state index is 12.8. The second-order valence-corrected chi connectivity index (χ2v) is 9.59. The van der Waals surface area contributed by atoms with Gasteiger partial charge in [-0.1, -0.05) is 59.8 Å². The molecule has 0 bridgehead atoms. The number of ether oxygens (including phenoxy) is 1. The van der Waals surface area contributed by atoms with E-state index < -0.39 is 23.7 Å². The summed E-state index contributed by atoms with van der Waals surface area (Å²) in [6.07, 6.45) is -4.24. The fraction of sp³-hybridized carbons (Fsp3) is 0.300. The lowest BCUT2D eigenvalue weighted by Crippen LogP contribution is -2.42. The number of nitrogens with one attached hydrogen (secondary N) is 1. The number of benzene rings is 3. The van der Waals surface area contributed by atoms with Gasteiger partial charge in [0.25, 0.3) is 5.91 Å². The lowest BCUT2D eigenvalue weighted by Gasteiger charge is -2.29. The molecule has 2 N–H and O–H groups in total. The predicted octanol–water partition coefficient (Wildman–Crippen LogP) is 5.44. The summed E-state index contributed by atoms with van der Waals surface area (Å²) in [5.74, 6) is 0.00357. The lowest BCUT2D eigenvalue weighted by atomic mass is 10.0. The molecule has 0 atom stereocenters. The highest BCUT2D eigenvalue weighted by molar-refractivity contribution is 6.01. The highest BCUT2D eigenvalue weighted by atomic mass is 19.4. The van der Waals surface area contributed by atoms with E-state index in [1.54, 1.807) is 12.1 Å². The van der Waals surface area contributed by atoms with Crippen molar-refractivity contribution in [1.82, 2.24) is 10.4 Å². The molecule has 1 aliphatic rings. The number of rotatable bonds is 11. The van der Waals surface area contributed by atoms with Crippen LogP contribution < -0.4 is 10.2 Å². The predicted molar refractivity (Wildman–Crippen MR) is 147 cm³/mol. The van der Waals surface area contributed by atoms with Crippen LogP contribution in [0, 0.1) is 0 Å². The molecule has 0 saturated carbocycles. The number of carboxylic acid groups (broad SMARTS) is 1. The summed E-state index contributed by atoms with van der Waals surface area (Å²) < 4.78 is 43.9. The Bertz CT molecular complexity index is 1340. The topological polar surface area (TPSA) is 110 Å². The van der Waals surface area contributed by atoms with Gasteiger partial charge in [0.15, 0.2) is 6.61 Å². The van der Waals surface area contributed by atoms with E-state index in [2.05, 4.69) is 10.6 Å². The fourth-order valence-corrected chi connectivity index (χ4v) is 4.18. The zero-order chi connectivity index (χ0) is 30.0. The minimum atomic E-state index is -4.40. The van der Waals surface area contributed by atoms with Crippen LogP contribution in [0.4, 0.5) is 18.0 Å². The number of piperidine rings is 1. The summed E-state index contributed by atoms with van der Waals surface area (Å²) in [5.41, 5.74) is 4.53. The van der Waals surface area contributed by atoms with Gasteiger partial charge in [0.2, 0.25) is 0 Å². The van der Waals surface area contributed by atoms with Gasteiger partial charge in [0.1, 0.15) is 12.4 Å². The Morgan fingerprint density at radius 2 is 1.57 bits per heavy atom. The molecule has 12 heteroatoms. The van der Waals surface area contributed by atoms with E-state index in [1.807, 2.05) is 42.5 Å². The van der Waals surface area contributed by atoms with Crippen LogP contribution in [-0.2, 0) is 33.7 Å². The summed E-state index contributed by atoms with van der Waals surface area (Å²) in [6, 6.07) is 21.2. The second-order valence-electron chi connectivity index (χ2n) is 9.59. The number of alkyl halides is 3. The van der Waals surface area contributed by atoms with Crippen LogP contribution in [0.3, 0.4) is 0 Å². The molecule has 42 heavy (non-hydrogen) atoms. The molecule has 0 aliphatic carbocycles. The Balaban J connectivity index is 1.27. The summed E-state index contributed by atoms with van der Waals surface area (Å²) in [7, 11) is 0. The van der Waals surface area contributed by atoms with Crippen molar-refractivity contribution >= 4 is 17.7 Å². The summed E-state index contributed by atoms with van der Waals surface area (Å²) in [5, 5.41) is 13.3. The number of hydrogen-bond acceptors (Lipinski definition) is 6. The van der Waals surface area contributed by atoms with Crippen LogP contribution in [0.1, 0.15) is 35.1 Å². The first-order valence-electron chi connectivity index (χ1n) is 13.2. The monoisotopic (exact) mass is 585 g/mol. The van der Waals surface area contributed by atoms with E-state index in [9.17, 15) is 22.8 Å². The van der Waals surface area contributed by atoms with E-state index in [4.69, 9.17) is 19.5 Å². The molecule has 0 spiro atoms. The molecular weight excluding hydrogens is 555 g/mol. The molecule has 1 aliphatic heterocycles. The van der Waals surface area contributed by atoms with E-state index in [-0.39, 0.29) is 19.3 Å². The number of hydrogen-bond donors (Lipinski definition) is 2. The number of amides is 2. The maximum Gasteiger partial charge on any atom is 0.416 e. The molecular formula is C30H30F3N3O6. The normalized spacial score (nSPS) is 14.4. The van der Waals surface area contributed by atoms with E-state index in [0.29, 0.717) is 49.4 Å². The van der Waals surface area contributed by atoms with Crippen LogP contribution in [0.2, 0.25) is 0 Å². The van der Waals surface area contributed by atoms with E-state index >= 15 is 0 Å². The van der Waals surface area contributed by atoms with Crippen LogP contribution >= 0.6 is 0 Å². The van der Waals surface area contributed by atoms with E-state index in [0.717, 1.165) is 23.3 Å². The number of nitrogens with zero attached hydrogens (tertiary/aromatic N) is 2. The van der Waals surface area contributed by atoms with Gasteiger partial charge in [-0.3, -0.25) is 9.63 Å². The molecule has 3 aromatic rings. The largest absolute Gasteiger partial charge is 0.484 e. The Labute approximate surface area is 240 Å². The van der Waals surface area contributed by atoms with Crippen molar-refractivity contribution in [3.8, 4) is 5.75 Å². The van der Waals surface area contributed by atoms with Crippen molar-refractivity contribution in [1.29, 1.82) is 0 Å². The van der Waals surface area contributed by atoms with Crippen molar-refractivity contribution in [2.24, 2.45) is 5.16 Å². The van der Waals surface area contributed by atoms with Gasteiger partial charge in [-0.2, -0.15) is 13.2 Å². The number of carbonyl (C=O) groups excluding carboxylic acids is 1. The van der Waals surface area contributed by atoms with Crippen molar-refractivity contribution in [3.63, 3.8) is 0 Å². The van der Waals surface area contributed by atoms with Crippen LogP contribution in [0.25, 0.3) is 0 Å². The zero-order valence-electron chi connectivity index (χ0n) is 22.5. The van der Waals surface area contributed by atoms with Gasteiger partial charge in [0, 0.05) is 19.5 Å². The van der Waals surface area contributed by atoms with Gasteiger partial charge < -0.3 is 19.6 Å². The first kappa shape index (κ1) is 30.4. The average Bonchev–Trinajstić information content (AvgIpc) is 2.99. The lowest BCUT2D eigenvalue weighted by molar-refractivity contribution is -0.142. The maximum absolute atomic E-state index is 12.8. The molecule has 0 aromatic heterocycles. The molecule has 3 aromatic carbocycles. The molecule has 9 nitrogen and oxygen atoms in total. The van der Waals surface area contributed by atoms with Crippen LogP contribution in [-0.4, -0.2) is 53.5 Å². The van der Waals surface area contributed by atoms with Gasteiger partial charge in [-0.05, 0) is 53.8 Å². The second kappa shape index (κ2) is 14.4. The van der Waals surface area contributed by atoms with Gasteiger partial charge in [-0.25, -0.2) is 10.3 Å². The summed E-state index contributed by atoms with van der Waals surface area (Å²) in [4.78, 5) is 35.3. The minimum Gasteiger partial charge on any atom is -0.484 e. The fourth-order valence-electron chi connectivity index (χ4n) is 4.18. The molecule has 0 unspecified atom stereocenters. The molecule has 4 rings (SSSR count). The number of hydroxylamine groups is 1. The van der Waals surface area contributed by atoms with Crippen molar-refractivity contribution < 1.29 is 42.3 Å². The van der Waals surface area contributed by atoms with Crippen molar-refractivity contribution in [2.45, 2.75) is 38.1 Å². The quantitative estimate of drug-likeness (QED) is 0.229. The van der Waals surface area contributed by atoms with Crippen molar-refractivity contribution in [2.75, 3.05) is 19.7 Å². The number of oxime groups is 1. The first-order chi connectivity index (χ1) is 20.2. The number of halogens is 3. The highest BCUT2D eigenvalue weighted by Gasteiger charge is 2.30. The molecule has 1 saturated heterocycles.